The van der Waals surface area contributed by atoms with Gasteiger partial charge in [-0.25, -0.2) is 4.39 Å². The predicted octanol–water partition coefficient (Wildman–Crippen LogP) is 3.05. The monoisotopic (exact) mass is 292 g/mol. The van der Waals surface area contributed by atoms with E-state index in [9.17, 15) is 4.39 Å². The average molecular weight is 292 g/mol. The van der Waals surface area contributed by atoms with Crippen LogP contribution in [0, 0.1) is 11.7 Å². The van der Waals surface area contributed by atoms with E-state index in [1.165, 1.54) is 42.9 Å². The van der Waals surface area contributed by atoms with E-state index in [4.69, 9.17) is 0 Å². The van der Waals surface area contributed by atoms with Gasteiger partial charge in [-0.3, -0.25) is 0 Å². The standard InChI is InChI=1S/C16H21FN2S/c17-12-1-2-16-13(9-12)14(5-8-20-16)18-15-10-19-6-3-11(15)4-7-19/h1-2,9,11,14-15,18H,3-8,10H2. The smallest absolute Gasteiger partial charge is 0.123 e. The third-order valence-electron chi connectivity index (χ3n) is 5.08. The second-order valence-corrected chi connectivity index (χ2v) is 7.42. The maximum absolute atomic E-state index is 13.6. The largest absolute Gasteiger partial charge is 0.306 e. The number of piperidine rings is 3. The van der Waals surface area contributed by atoms with Crippen LogP contribution in [0.2, 0.25) is 0 Å². The second-order valence-electron chi connectivity index (χ2n) is 6.28. The molecule has 4 aliphatic heterocycles. The molecule has 20 heavy (non-hydrogen) atoms. The topological polar surface area (TPSA) is 15.3 Å². The van der Waals surface area contributed by atoms with E-state index >= 15 is 0 Å². The fraction of sp³-hybridized carbons (Fsp3) is 0.625. The number of rotatable bonds is 2. The summed E-state index contributed by atoms with van der Waals surface area (Å²) in [6.45, 7) is 3.72. The second kappa shape index (κ2) is 5.32. The summed E-state index contributed by atoms with van der Waals surface area (Å²) in [6.07, 6.45) is 3.77. The molecule has 4 heterocycles. The van der Waals surface area contributed by atoms with E-state index in [1.807, 2.05) is 17.8 Å². The van der Waals surface area contributed by atoms with Gasteiger partial charge in [0.05, 0.1) is 0 Å². The van der Waals surface area contributed by atoms with Crippen LogP contribution in [0.5, 0.6) is 0 Å². The zero-order valence-corrected chi connectivity index (χ0v) is 12.5. The highest BCUT2D eigenvalue weighted by Gasteiger charge is 2.36. The normalized spacial score (nSPS) is 35.9. The van der Waals surface area contributed by atoms with Crippen molar-refractivity contribution in [3.05, 3.63) is 29.6 Å². The first-order valence-corrected chi connectivity index (χ1v) is 8.69. The molecule has 2 nitrogen and oxygen atoms in total. The van der Waals surface area contributed by atoms with Crippen LogP contribution >= 0.6 is 11.8 Å². The first kappa shape index (κ1) is 13.1. The van der Waals surface area contributed by atoms with Crippen molar-refractivity contribution in [3.8, 4) is 0 Å². The minimum atomic E-state index is -0.105. The van der Waals surface area contributed by atoms with Crippen LogP contribution < -0.4 is 5.32 Å². The summed E-state index contributed by atoms with van der Waals surface area (Å²) >= 11 is 1.86. The van der Waals surface area contributed by atoms with Crippen molar-refractivity contribution in [2.75, 3.05) is 25.4 Å². The summed E-state index contributed by atoms with van der Waals surface area (Å²) in [4.78, 5) is 3.83. The maximum Gasteiger partial charge on any atom is 0.123 e. The van der Waals surface area contributed by atoms with E-state index < -0.39 is 0 Å². The van der Waals surface area contributed by atoms with E-state index in [1.54, 1.807) is 12.1 Å². The summed E-state index contributed by atoms with van der Waals surface area (Å²) in [6, 6.07) is 6.21. The molecule has 0 spiro atoms. The fourth-order valence-corrected chi connectivity index (χ4v) is 5.06. The van der Waals surface area contributed by atoms with Gasteiger partial charge in [0.15, 0.2) is 0 Å². The maximum atomic E-state index is 13.6. The molecule has 2 atom stereocenters. The average Bonchev–Trinajstić information content (AvgIpc) is 2.49. The molecule has 4 heteroatoms. The molecule has 1 aromatic rings. The summed E-state index contributed by atoms with van der Waals surface area (Å²) in [5, 5.41) is 3.85. The Labute approximate surface area is 124 Å². The van der Waals surface area contributed by atoms with Crippen LogP contribution in [-0.4, -0.2) is 36.3 Å². The van der Waals surface area contributed by atoms with Gasteiger partial charge in [-0.1, -0.05) is 0 Å². The molecule has 5 rings (SSSR count). The van der Waals surface area contributed by atoms with Crippen molar-refractivity contribution in [2.45, 2.75) is 36.2 Å². The lowest BCUT2D eigenvalue weighted by atomic mass is 9.83. The molecule has 0 aromatic heterocycles. The zero-order chi connectivity index (χ0) is 13.5. The van der Waals surface area contributed by atoms with Gasteiger partial charge in [-0.15, -0.1) is 11.8 Å². The lowest BCUT2D eigenvalue weighted by Crippen LogP contribution is -2.56. The molecule has 2 bridgehead atoms. The molecular weight excluding hydrogens is 271 g/mol. The summed E-state index contributed by atoms with van der Waals surface area (Å²) < 4.78 is 13.6. The highest BCUT2D eigenvalue weighted by atomic mass is 32.2. The molecule has 3 saturated heterocycles. The lowest BCUT2D eigenvalue weighted by Gasteiger charge is -2.46. The highest BCUT2D eigenvalue weighted by molar-refractivity contribution is 7.99. The zero-order valence-electron chi connectivity index (χ0n) is 11.6. The highest BCUT2D eigenvalue weighted by Crippen LogP contribution is 2.38. The first-order valence-electron chi connectivity index (χ1n) is 7.70. The van der Waals surface area contributed by atoms with Crippen molar-refractivity contribution in [3.63, 3.8) is 0 Å². The number of fused-ring (bicyclic) bond motifs is 4. The number of halogens is 1. The van der Waals surface area contributed by atoms with Crippen LogP contribution in [0.1, 0.15) is 30.9 Å². The van der Waals surface area contributed by atoms with Gasteiger partial charge < -0.3 is 10.2 Å². The van der Waals surface area contributed by atoms with Crippen molar-refractivity contribution >= 4 is 11.8 Å². The lowest BCUT2D eigenvalue weighted by molar-refractivity contribution is 0.0664. The summed E-state index contributed by atoms with van der Waals surface area (Å²) in [5.41, 5.74) is 1.18. The van der Waals surface area contributed by atoms with Gasteiger partial charge in [0.2, 0.25) is 0 Å². The molecule has 0 amide bonds. The van der Waals surface area contributed by atoms with Crippen molar-refractivity contribution in [1.29, 1.82) is 0 Å². The Morgan fingerprint density at radius 3 is 2.80 bits per heavy atom. The quantitative estimate of drug-likeness (QED) is 0.902. The molecule has 0 radical (unpaired) electrons. The molecule has 1 aromatic carbocycles. The number of hydrogen-bond donors (Lipinski definition) is 1. The van der Waals surface area contributed by atoms with E-state index in [-0.39, 0.29) is 5.82 Å². The SMILES string of the molecule is Fc1ccc2c(c1)C(NC1CN3CCC1CC3)CCS2. The minimum Gasteiger partial charge on any atom is -0.306 e. The minimum absolute atomic E-state index is 0.105. The van der Waals surface area contributed by atoms with E-state index in [2.05, 4.69) is 10.2 Å². The summed E-state index contributed by atoms with van der Waals surface area (Å²) in [7, 11) is 0. The molecule has 2 unspecified atom stereocenters. The Kier molecular flexibility index (Phi) is 3.49. The van der Waals surface area contributed by atoms with Crippen LogP contribution in [-0.2, 0) is 0 Å². The van der Waals surface area contributed by atoms with E-state index in [0.29, 0.717) is 12.1 Å². The Balaban J connectivity index is 1.54. The van der Waals surface area contributed by atoms with E-state index in [0.717, 1.165) is 18.1 Å². The summed E-state index contributed by atoms with van der Waals surface area (Å²) in [5.74, 6) is 1.86. The van der Waals surface area contributed by atoms with Crippen molar-refractivity contribution in [2.24, 2.45) is 5.92 Å². The van der Waals surface area contributed by atoms with Crippen LogP contribution in [0.3, 0.4) is 0 Å². The molecule has 1 N–H and O–H groups in total. The molecule has 4 aliphatic rings. The molecule has 0 aliphatic carbocycles. The number of hydrogen-bond acceptors (Lipinski definition) is 3. The van der Waals surface area contributed by atoms with Crippen LogP contribution in [0.25, 0.3) is 0 Å². The van der Waals surface area contributed by atoms with Crippen molar-refractivity contribution in [1.82, 2.24) is 10.2 Å². The van der Waals surface area contributed by atoms with Gasteiger partial charge in [-0.05, 0) is 67.8 Å². The Morgan fingerprint density at radius 2 is 2.05 bits per heavy atom. The number of nitrogens with one attached hydrogen (secondary N) is 1. The molecule has 3 fully saturated rings. The number of benzene rings is 1. The first-order chi connectivity index (χ1) is 9.79. The van der Waals surface area contributed by atoms with Gasteiger partial charge in [-0.2, -0.15) is 0 Å². The Bertz CT molecular complexity index is 499. The number of nitrogens with zero attached hydrogens (tertiary/aromatic N) is 1. The van der Waals surface area contributed by atoms with Crippen LogP contribution in [0.4, 0.5) is 4.39 Å². The van der Waals surface area contributed by atoms with Crippen molar-refractivity contribution < 1.29 is 4.39 Å². The van der Waals surface area contributed by atoms with Gasteiger partial charge in [0.25, 0.3) is 0 Å². The Morgan fingerprint density at radius 1 is 1.20 bits per heavy atom. The molecule has 0 saturated carbocycles. The molecular formula is C16H21FN2S. The van der Waals surface area contributed by atoms with Gasteiger partial charge >= 0.3 is 0 Å². The van der Waals surface area contributed by atoms with Gasteiger partial charge in [0.1, 0.15) is 5.82 Å². The fourth-order valence-electron chi connectivity index (χ4n) is 3.95. The Hall–Kier alpha value is -0.580. The number of thioether (sulfide) groups is 1. The predicted molar refractivity (Wildman–Crippen MR) is 80.6 cm³/mol. The third kappa shape index (κ3) is 2.38. The van der Waals surface area contributed by atoms with Crippen LogP contribution in [0.15, 0.2) is 23.1 Å². The third-order valence-corrected chi connectivity index (χ3v) is 6.21. The molecule has 108 valence electrons. The van der Waals surface area contributed by atoms with Gasteiger partial charge in [0, 0.05) is 23.5 Å².